The molecular formula is C22H22N8O2. The molecule has 2 aliphatic rings. The number of imidazole rings is 1. The topological polar surface area (TPSA) is 136 Å². The minimum atomic E-state index is -0.484. The summed E-state index contributed by atoms with van der Waals surface area (Å²) in [5, 5.41) is 18.5. The Morgan fingerprint density at radius 3 is 2.88 bits per heavy atom. The number of hydrogen-bond donors (Lipinski definition) is 4. The van der Waals surface area contributed by atoms with Crippen molar-refractivity contribution < 1.29 is 5.11 Å². The lowest BCUT2D eigenvalue weighted by molar-refractivity contribution is 0.454. The molecule has 1 unspecified atom stereocenters. The van der Waals surface area contributed by atoms with Crippen LogP contribution in [0, 0.1) is 0 Å². The van der Waals surface area contributed by atoms with Gasteiger partial charge >= 0.3 is 5.69 Å². The SMILES string of the molecule is O=c1[nH]c(O)c(C=c2cnn3c(=NC4CC4)nc(NC4CCCc5ccccc54)nc23)[nH]1. The van der Waals surface area contributed by atoms with E-state index in [0.29, 0.717) is 22.4 Å². The van der Waals surface area contributed by atoms with Crippen LogP contribution in [0.3, 0.4) is 0 Å². The Morgan fingerprint density at radius 1 is 1.19 bits per heavy atom. The van der Waals surface area contributed by atoms with Gasteiger partial charge < -0.3 is 15.4 Å². The zero-order valence-corrected chi connectivity index (χ0v) is 17.2. The molecule has 10 nitrogen and oxygen atoms in total. The predicted molar refractivity (Wildman–Crippen MR) is 117 cm³/mol. The first-order chi connectivity index (χ1) is 15.6. The number of fused-ring (bicyclic) bond motifs is 2. The lowest BCUT2D eigenvalue weighted by Gasteiger charge is -2.26. The Hall–Kier alpha value is -3.95. The van der Waals surface area contributed by atoms with Crippen LogP contribution < -0.4 is 21.8 Å². The number of anilines is 1. The van der Waals surface area contributed by atoms with Gasteiger partial charge in [-0.1, -0.05) is 24.3 Å². The molecule has 4 N–H and O–H groups in total. The molecule has 0 spiro atoms. The average molecular weight is 430 g/mol. The normalized spacial score (nSPS) is 19.4. The van der Waals surface area contributed by atoms with Gasteiger partial charge in [0.2, 0.25) is 11.8 Å². The van der Waals surface area contributed by atoms with Gasteiger partial charge in [0, 0.05) is 5.22 Å². The molecule has 3 heterocycles. The average Bonchev–Trinajstić information content (AvgIpc) is 3.42. The van der Waals surface area contributed by atoms with E-state index in [9.17, 15) is 9.90 Å². The largest absolute Gasteiger partial charge is 0.493 e. The Morgan fingerprint density at radius 2 is 2.06 bits per heavy atom. The van der Waals surface area contributed by atoms with E-state index in [0.717, 1.165) is 32.1 Å². The van der Waals surface area contributed by atoms with Gasteiger partial charge in [-0.15, -0.1) is 0 Å². The first-order valence-corrected chi connectivity index (χ1v) is 10.8. The molecule has 6 rings (SSSR count). The number of nitrogens with one attached hydrogen (secondary N) is 3. The van der Waals surface area contributed by atoms with Crippen molar-refractivity contribution in [1.82, 2.24) is 29.5 Å². The van der Waals surface area contributed by atoms with Gasteiger partial charge in [-0.25, -0.2) is 9.79 Å². The van der Waals surface area contributed by atoms with Gasteiger partial charge in [-0.05, 0) is 49.3 Å². The summed E-state index contributed by atoms with van der Waals surface area (Å²) >= 11 is 0. The molecule has 4 aromatic rings. The summed E-state index contributed by atoms with van der Waals surface area (Å²) < 4.78 is 1.60. The number of nitrogens with zero attached hydrogens (tertiary/aromatic N) is 5. The van der Waals surface area contributed by atoms with E-state index in [-0.39, 0.29) is 23.7 Å². The number of aromatic hydroxyl groups is 1. The molecule has 1 atom stereocenters. The van der Waals surface area contributed by atoms with E-state index in [1.807, 2.05) is 0 Å². The van der Waals surface area contributed by atoms with Gasteiger partial charge in [0.1, 0.15) is 5.69 Å². The third kappa shape index (κ3) is 3.43. The minimum Gasteiger partial charge on any atom is -0.493 e. The Bertz CT molecular complexity index is 1490. The molecule has 1 fully saturated rings. The lowest BCUT2D eigenvalue weighted by Crippen LogP contribution is -2.26. The summed E-state index contributed by atoms with van der Waals surface area (Å²) in [7, 11) is 0. The fraction of sp³-hybridized carbons (Fsp3) is 0.318. The second kappa shape index (κ2) is 7.33. The van der Waals surface area contributed by atoms with Crippen molar-refractivity contribution in [2.24, 2.45) is 4.99 Å². The van der Waals surface area contributed by atoms with E-state index in [4.69, 9.17) is 9.98 Å². The van der Waals surface area contributed by atoms with Gasteiger partial charge in [-0.3, -0.25) is 4.98 Å². The van der Waals surface area contributed by atoms with E-state index in [1.54, 1.807) is 16.8 Å². The number of benzene rings is 1. The van der Waals surface area contributed by atoms with Crippen LogP contribution >= 0.6 is 0 Å². The van der Waals surface area contributed by atoms with Crippen LogP contribution in [0.5, 0.6) is 5.88 Å². The van der Waals surface area contributed by atoms with Crippen molar-refractivity contribution >= 4 is 17.7 Å². The van der Waals surface area contributed by atoms with Crippen LogP contribution in [0.2, 0.25) is 0 Å². The van der Waals surface area contributed by atoms with Crippen molar-refractivity contribution in [3.8, 4) is 5.88 Å². The Kier molecular flexibility index (Phi) is 4.30. The minimum absolute atomic E-state index is 0.122. The fourth-order valence-electron chi connectivity index (χ4n) is 4.20. The lowest BCUT2D eigenvalue weighted by atomic mass is 9.88. The van der Waals surface area contributed by atoms with Crippen molar-refractivity contribution in [2.45, 2.75) is 44.2 Å². The highest BCUT2D eigenvalue weighted by molar-refractivity contribution is 5.57. The maximum atomic E-state index is 11.5. The van der Waals surface area contributed by atoms with E-state index >= 15 is 0 Å². The van der Waals surface area contributed by atoms with E-state index < -0.39 is 5.69 Å². The van der Waals surface area contributed by atoms with Crippen molar-refractivity contribution in [2.75, 3.05) is 5.32 Å². The van der Waals surface area contributed by atoms with Crippen molar-refractivity contribution in [3.63, 3.8) is 0 Å². The number of aromatic nitrogens is 6. The third-order valence-electron chi connectivity index (χ3n) is 5.93. The molecule has 1 saturated carbocycles. The van der Waals surface area contributed by atoms with E-state index in [1.165, 1.54) is 11.1 Å². The summed E-state index contributed by atoms with van der Waals surface area (Å²) in [6.45, 7) is 0. The van der Waals surface area contributed by atoms with E-state index in [2.05, 4.69) is 49.6 Å². The molecule has 2 aliphatic carbocycles. The standard InChI is InChI=1S/C22H22N8O2/c31-19-17(26-22(32)28-19)10-13-11-23-30-18(13)27-20(29-21(30)24-14-8-9-14)25-16-7-3-5-12-4-1-2-6-15(12)16/h1-2,4,6,10-11,14,16,31H,3,5,7-9H2,(H,24,25,29)(H2,26,28,32). The highest BCUT2D eigenvalue weighted by Crippen LogP contribution is 2.31. The highest BCUT2D eigenvalue weighted by Gasteiger charge is 2.23. The van der Waals surface area contributed by atoms with Crippen molar-refractivity contribution in [3.05, 3.63) is 68.6 Å². The number of hydrogen-bond acceptors (Lipinski definition) is 7. The molecule has 10 heteroatoms. The third-order valence-corrected chi connectivity index (χ3v) is 5.93. The van der Waals surface area contributed by atoms with Crippen LogP contribution in [0.15, 0.2) is 40.2 Å². The molecule has 0 saturated heterocycles. The smallest absolute Gasteiger partial charge is 0.326 e. The second-order valence-corrected chi connectivity index (χ2v) is 8.32. The molecule has 1 aromatic carbocycles. The van der Waals surface area contributed by atoms with Gasteiger partial charge in [0.25, 0.3) is 5.62 Å². The maximum absolute atomic E-state index is 11.5. The summed E-state index contributed by atoms with van der Waals surface area (Å²) in [5.41, 5.74) is 3.45. The molecule has 162 valence electrons. The van der Waals surface area contributed by atoms with Gasteiger partial charge in [0.15, 0.2) is 5.65 Å². The molecule has 0 amide bonds. The maximum Gasteiger partial charge on any atom is 0.326 e. The highest BCUT2D eigenvalue weighted by atomic mass is 16.3. The quantitative estimate of drug-likeness (QED) is 0.381. The summed E-state index contributed by atoms with van der Waals surface area (Å²) in [6, 6.07) is 8.85. The Balaban J connectivity index is 1.48. The molecule has 3 aromatic heterocycles. The first-order valence-electron chi connectivity index (χ1n) is 10.8. The van der Waals surface area contributed by atoms with Crippen LogP contribution in [0.4, 0.5) is 5.95 Å². The number of aryl methyl sites for hydroxylation is 1. The summed E-state index contributed by atoms with van der Waals surface area (Å²) in [6.07, 6.45) is 8.52. The Labute approximate surface area is 181 Å². The number of rotatable bonds is 4. The summed E-state index contributed by atoms with van der Waals surface area (Å²) in [5.74, 6) is 0.254. The molecule has 0 bridgehead atoms. The van der Waals surface area contributed by atoms with Crippen LogP contribution in [0.25, 0.3) is 11.7 Å². The molecule has 32 heavy (non-hydrogen) atoms. The summed E-state index contributed by atoms with van der Waals surface area (Å²) in [4.78, 5) is 30.5. The van der Waals surface area contributed by atoms with Crippen LogP contribution in [-0.4, -0.2) is 40.7 Å². The second-order valence-electron chi connectivity index (χ2n) is 8.32. The first kappa shape index (κ1) is 18.8. The van der Waals surface area contributed by atoms with Gasteiger partial charge in [0.05, 0.1) is 18.3 Å². The monoisotopic (exact) mass is 430 g/mol. The van der Waals surface area contributed by atoms with Crippen LogP contribution in [0.1, 0.15) is 48.5 Å². The fourth-order valence-corrected chi connectivity index (χ4v) is 4.20. The van der Waals surface area contributed by atoms with Crippen LogP contribution in [-0.2, 0) is 6.42 Å². The van der Waals surface area contributed by atoms with Gasteiger partial charge in [-0.2, -0.15) is 19.6 Å². The van der Waals surface area contributed by atoms with Crippen molar-refractivity contribution in [1.29, 1.82) is 0 Å². The zero-order valence-electron chi connectivity index (χ0n) is 17.2. The number of H-pyrrole nitrogens is 2. The predicted octanol–water partition coefficient (Wildman–Crippen LogP) is 0.947. The zero-order chi connectivity index (χ0) is 21.7. The molecular weight excluding hydrogens is 408 g/mol. The molecule has 0 aliphatic heterocycles. The number of aromatic amines is 2. The molecule has 0 radical (unpaired) electrons.